The van der Waals surface area contributed by atoms with Crippen LogP contribution in [-0.2, 0) is 9.59 Å². The van der Waals surface area contributed by atoms with Gasteiger partial charge < -0.3 is 16.0 Å². The lowest BCUT2D eigenvalue weighted by Gasteiger charge is -2.29. The number of carbonyl (C=O) groups is 2. The zero-order chi connectivity index (χ0) is 15.2. The van der Waals surface area contributed by atoms with Gasteiger partial charge in [0.1, 0.15) is 0 Å². The van der Waals surface area contributed by atoms with Crippen LogP contribution in [-0.4, -0.2) is 41.9 Å². The lowest BCUT2D eigenvalue weighted by atomic mass is 9.95. The monoisotopic (exact) mass is 283 g/mol. The summed E-state index contributed by atoms with van der Waals surface area (Å²) in [7, 11) is 0. The molecule has 1 rings (SSSR count). The third kappa shape index (κ3) is 4.78. The number of hydrogen-bond donors (Lipinski definition) is 2. The summed E-state index contributed by atoms with van der Waals surface area (Å²) in [6.45, 7) is 7.89. The van der Waals surface area contributed by atoms with Gasteiger partial charge in [-0.1, -0.05) is 0 Å². The molecule has 1 unspecified atom stereocenters. The molecule has 0 aliphatic heterocycles. The molecule has 0 aromatic carbocycles. The van der Waals surface area contributed by atoms with Crippen molar-refractivity contribution in [2.45, 2.75) is 58.4 Å². The molecule has 1 atom stereocenters. The Labute approximate surface area is 122 Å². The minimum Gasteiger partial charge on any atom is -0.349 e. The van der Waals surface area contributed by atoms with Gasteiger partial charge in [0.15, 0.2) is 0 Å². The molecule has 0 heterocycles. The molecule has 1 saturated carbocycles. The number of nitrogens with zero attached hydrogens (tertiary/aromatic N) is 1. The maximum absolute atomic E-state index is 11.9. The highest BCUT2D eigenvalue weighted by Crippen LogP contribution is 2.38. The van der Waals surface area contributed by atoms with Gasteiger partial charge >= 0.3 is 0 Å². The lowest BCUT2D eigenvalue weighted by molar-refractivity contribution is -0.131. The van der Waals surface area contributed by atoms with Crippen molar-refractivity contribution in [2.75, 3.05) is 19.6 Å². The fraction of sp³-hybridized carbons (Fsp3) is 0.867. The van der Waals surface area contributed by atoms with Gasteiger partial charge in [0.25, 0.3) is 0 Å². The third-order valence-corrected chi connectivity index (χ3v) is 4.24. The molecule has 0 aromatic rings. The Kier molecular flexibility index (Phi) is 6.46. The summed E-state index contributed by atoms with van der Waals surface area (Å²) in [5, 5.41) is 3.05. The van der Waals surface area contributed by atoms with E-state index in [0.29, 0.717) is 31.7 Å². The van der Waals surface area contributed by atoms with Crippen molar-refractivity contribution < 1.29 is 9.59 Å². The lowest BCUT2D eigenvalue weighted by Crippen LogP contribution is -2.53. The molecule has 0 spiro atoms. The Morgan fingerprint density at radius 3 is 2.30 bits per heavy atom. The van der Waals surface area contributed by atoms with E-state index >= 15 is 0 Å². The van der Waals surface area contributed by atoms with Crippen LogP contribution in [0.3, 0.4) is 0 Å². The molecule has 1 aliphatic rings. The minimum atomic E-state index is -0.264. The largest absolute Gasteiger partial charge is 0.349 e. The van der Waals surface area contributed by atoms with E-state index in [9.17, 15) is 9.59 Å². The van der Waals surface area contributed by atoms with Crippen molar-refractivity contribution >= 4 is 11.8 Å². The highest BCUT2D eigenvalue weighted by atomic mass is 16.2. The van der Waals surface area contributed by atoms with Gasteiger partial charge in [-0.3, -0.25) is 9.59 Å². The van der Waals surface area contributed by atoms with Crippen LogP contribution in [0.5, 0.6) is 0 Å². The average Bonchev–Trinajstić information content (AvgIpc) is 3.24. The molecule has 0 aromatic heterocycles. The first-order valence-corrected chi connectivity index (χ1v) is 7.75. The zero-order valence-electron chi connectivity index (χ0n) is 13.1. The summed E-state index contributed by atoms with van der Waals surface area (Å²) < 4.78 is 0. The van der Waals surface area contributed by atoms with Crippen LogP contribution in [0.4, 0.5) is 0 Å². The highest BCUT2D eigenvalue weighted by Gasteiger charge is 2.41. The summed E-state index contributed by atoms with van der Waals surface area (Å²) in [5.41, 5.74) is 5.51. The van der Waals surface area contributed by atoms with Gasteiger partial charge in [-0.25, -0.2) is 0 Å². The van der Waals surface area contributed by atoms with Crippen molar-refractivity contribution in [1.82, 2.24) is 10.2 Å². The number of carbonyl (C=O) groups excluding carboxylic acids is 2. The van der Waals surface area contributed by atoms with Crippen molar-refractivity contribution in [3.8, 4) is 0 Å². The van der Waals surface area contributed by atoms with Gasteiger partial charge in [-0.15, -0.1) is 0 Å². The van der Waals surface area contributed by atoms with E-state index in [4.69, 9.17) is 5.73 Å². The van der Waals surface area contributed by atoms with Gasteiger partial charge in [-0.2, -0.15) is 0 Å². The second kappa shape index (κ2) is 7.62. The number of amides is 2. The molecule has 5 nitrogen and oxygen atoms in total. The highest BCUT2D eigenvalue weighted by molar-refractivity contribution is 5.79. The second-order valence-electron chi connectivity index (χ2n) is 5.86. The number of hydrogen-bond acceptors (Lipinski definition) is 3. The van der Waals surface area contributed by atoms with Gasteiger partial charge in [-0.05, 0) is 46.0 Å². The molecule has 5 heteroatoms. The van der Waals surface area contributed by atoms with Gasteiger partial charge in [0.2, 0.25) is 11.8 Å². The Morgan fingerprint density at radius 1 is 1.25 bits per heavy atom. The minimum absolute atomic E-state index is 0.0113. The molecule has 0 saturated heterocycles. The Hall–Kier alpha value is -1.10. The van der Waals surface area contributed by atoms with Crippen LogP contribution in [0, 0.1) is 5.92 Å². The fourth-order valence-corrected chi connectivity index (χ4v) is 2.56. The molecule has 1 aliphatic carbocycles. The molecule has 1 fully saturated rings. The molecular weight excluding hydrogens is 254 g/mol. The fourth-order valence-electron chi connectivity index (χ4n) is 2.56. The zero-order valence-corrected chi connectivity index (χ0v) is 13.1. The molecule has 0 bridgehead atoms. The quantitative estimate of drug-likeness (QED) is 0.669. The average molecular weight is 283 g/mol. The summed E-state index contributed by atoms with van der Waals surface area (Å²) in [6.07, 6.45) is 3.74. The van der Waals surface area contributed by atoms with Crippen LogP contribution in [0.15, 0.2) is 0 Å². The Balaban J connectivity index is 2.28. The van der Waals surface area contributed by atoms with Crippen LogP contribution in [0.1, 0.15) is 52.9 Å². The molecule has 3 N–H and O–H groups in total. The predicted octanol–water partition coefficient (Wildman–Crippen LogP) is 1.27. The van der Waals surface area contributed by atoms with Crippen LogP contribution in [0.25, 0.3) is 0 Å². The van der Waals surface area contributed by atoms with E-state index in [1.807, 2.05) is 20.8 Å². The maximum atomic E-state index is 11.9. The van der Waals surface area contributed by atoms with E-state index in [1.54, 1.807) is 4.90 Å². The molecule has 0 radical (unpaired) electrons. The third-order valence-electron chi connectivity index (χ3n) is 4.24. The Morgan fingerprint density at radius 2 is 1.85 bits per heavy atom. The first kappa shape index (κ1) is 17.0. The smallest absolute Gasteiger partial charge is 0.222 e. The second-order valence-corrected chi connectivity index (χ2v) is 5.86. The summed E-state index contributed by atoms with van der Waals surface area (Å²) >= 11 is 0. The van der Waals surface area contributed by atoms with Crippen molar-refractivity contribution in [2.24, 2.45) is 11.7 Å². The van der Waals surface area contributed by atoms with Crippen LogP contribution >= 0.6 is 0 Å². The number of nitrogens with one attached hydrogen (secondary N) is 1. The first-order valence-electron chi connectivity index (χ1n) is 7.75. The topological polar surface area (TPSA) is 75.4 Å². The molecular formula is C15H29N3O2. The van der Waals surface area contributed by atoms with E-state index in [1.165, 1.54) is 0 Å². The SMILES string of the molecule is CCN(CC)C(=O)CCCC(=O)NC(C)(CN)C1CC1. The summed E-state index contributed by atoms with van der Waals surface area (Å²) in [5.74, 6) is 0.664. The number of nitrogens with two attached hydrogens (primary N) is 1. The van der Waals surface area contributed by atoms with Gasteiger partial charge in [0.05, 0.1) is 5.54 Å². The van der Waals surface area contributed by atoms with E-state index in [0.717, 1.165) is 25.9 Å². The van der Waals surface area contributed by atoms with Gasteiger partial charge in [0, 0.05) is 32.5 Å². The predicted molar refractivity (Wildman–Crippen MR) is 80.1 cm³/mol. The summed E-state index contributed by atoms with van der Waals surface area (Å²) in [4.78, 5) is 25.6. The molecule has 20 heavy (non-hydrogen) atoms. The molecule has 2 amide bonds. The number of rotatable bonds is 9. The van der Waals surface area contributed by atoms with Crippen molar-refractivity contribution in [3.05, 3.63) is 0 Å². The van der Waals surface area contributed by atoms with E-state index in [2.05, 4.69) is 5.32 Å². The van der Waals surface area contributed by atoms with Crippen molar-refractivity contribution in [1.29, 1.82) is 0 Å². The Bertz CT molecular complexity index is 338. The normalized spacial score (nSPS) is 17.4. The first-order chi connectivity index (χ1) is 9.46. The van der Waals surface area contributed by atoms with Crippen LogP contribution in [0.2, 0.25) is 0 Å². The standard InChI is InChI=1S/C15H29N3O2/c1-4-18(5-2)14(20)8-6-7-13(19)17-15(3,11-16)12-9-10-12/h12H,4-11,16H2,1-3H3,(H,17,19). The maximum Gasteiger partial charge on any atom is 0.222 e. The van der Waals surface area contributed by atoms with E-state index in [-0.39, 0.29) is 17.4 Å². The summed E-state index contributed by atoms with van der Waals surface area (Å²) in [6, 6.07) is 0. The molecule has 116 valence electrons. The van der Waals surface area contributed by atoms with Crippen molar-refractivity contribution in [3.63, 3.8) is 0 Å². The van der Waals surface area contributed by atoms with Crippen LogP contribution < -0.4 is 11.1 Å². The van der Waals surface area contributed by atoms with E-state index < -0.39 is 0 Å².